The van der Waals surface area contributed by atoms with Crippen LogP contribution in [-0.4, -0.2) is 105 Å². The van der Waals surface area contributed by atoms with Crippen LogP contribution in [0.1, 0.15) is 79.6 Å². The summed E-state index contributed by atoms with van der Waals surface area (Å²) in [6, 6.07) is 2.90. The van der Waals surface area contributed by atoms with Crippen LogP contribution in [0, 0.1) is 17.8 Å². The topological polar surface area (TPSA) is 197 Å². The predicted molar refractivity (Wildman–Crippen MR) is 194 cm³/mol. The fourth-order valence-corrected chi connectivity index (χ4v) is 9.22. The molecule has 0 spiro atoms. The first kappa shape index (κ1) is 38.3. The van der Waals surface area contributed by atoms with Crippen LogP contribution in [0.2, 0.25) is 0 Å². The Morgan fingerprint density at radius 3 is 2.51 bits per heavy atom. The van der Waals surface area contributed by atoms with Crippen molar-refractivity contribution in [3.63, 3.8) is 0 Å². The number of hydrogen-bond donors (Lipinski definition) is 3. The maximum atomic E-state index is 15.0. The number of methoxy groups -OCH3 is 1. The van der Waals surface area contributed by atoms with Gasteiger partial charge in [-0.25, -0.2) is 23.2 Å². The molecule has 53 heavy (non-hydrogen) atoms. The summed E-state index contributed by atoms with van der Waals surface area (Å²) >= 11 is 0. The van der Waals surface area contributed by atoms with Gasteiger partial charge in [0.25, 0.3) is 5.91 Å². The average molecular weight is 755 g/mol. The minimum absolute atomic E-state index is 0.00209. The van der Waals surface area contributed by atoms with Crippen LogP contribution < -0.4 is 19.5 Å². The van der Waals surface area contributed by atoms with Crippen molar-refractivity contribution in [3.8, 4) is 11.6 Å². The zero-order valence-corrected chi connectivity index (χ0v) is 31.9. The first-order valence-electron chi connectivity index (χ1n) is 18.3. The highest BCUT2D eigenvalue weighted by molar-refractivity contribution is 7.91. The molecular formula is C37H50N6O9S. The van der Waals surface area contributed by atoms with Crippen molar-refractivity contribution >= 4 is 44.7 Å². The van der Waals surface area contributed by atoms with Crippen LogP contribution in [0.25, 0.3) is 10.9 Å². The third-order valence-corrected chi connectivity index (χ3v) is 12.7. The molecule has 7 atom stereocenters. The molecule has 4 amide bonds. The molecule has 288 valence electrons. The van der Waals surface area contributed by atoms with Crippen molar-refractivity contribution < 1.29 is 42.2 Å². The summed E-state index contributed by atoms with van der Waals surface area (Å²) in [6.07, 6.45) is 6.14. The van der Waals surface area contributed by atoms with Gasteiger partial charge in [0.1, 0.15) is 35.8 Å². The third kappa shape index (κ3) is 7.92. The number of aromatic nitrogens is 2. The van der Waals surface area contributed by atoms with Crippen molar-refractivity contribution in [1.29, 1.82) is 0 Å². The van der Waals surface area contributed by atoms with Gasteiger partial charge < -0.3 is 24.8 Å². The maximum absolute atomic E-state index is 15.0. The number of hydrogen-bond acceptors (Lipinski definition) is 10. The van der Waals surface area contributed by atoms with Crippen molar-refractivity contribution in [2.75, 3.05) is 13.7 Å². The minimum atomic E-state index is -3.92. The van der Waals surface area contributed by atoms with E-state index in [1.807, 2.05) is 19.1 Å². The molecule has 2 aliphatic heterocycles. The van der Waals surface area contributed by atoms with Gasteiger partial charge >= 0.3 is 6.09 Å². The van der Waals surface area contributed by atoms with E-state index in [0.29, 0.717) is 42.3 Å². The third-order valence-electron chi connectivity index (χ3n) is 10.9. The van der Waals surface area contributed by atoms with E-state index in [-0.39, 0.29) is 31.2 Å². The number of rotatable bonds is 7. The van der Waals surface area contributed by atoms with Gasteiger partial charge in [0.2, 0.25) is 27.7 Å². The summed E-state index contributed by atoms with van der Waals surface area (Å²) in [6.45, 7) is 9.03. The van der Waals surface area contributed by atoms with Gasteiger partial charge in [0.15, 0.2) is 0 Å². The van der Waals surface area contributed by atoms with Crippen molar-refractivity contribution in [2.24, 2.45) is 17.8 Å². The van der Waals surface area contributed by atoms with Gasteiger partial charge in [-0.05, 0) is 83.3 Å². The Morgan fingerprint density at radius 2 is 1.85 bits per heavy atom. The monoisotopic (exact) mass is 754 g/mol. The Kier molecular flexibility index (Phi) is 10.4. The number of sulfonamides is 1. The lowest BCUT2D eigenvalue weighted by atomic mass is 9.85. The number of benzene rings is 1. The molecule has 2 aromatic rings. The molecule has 15 nitrogen and oxygen atoms in total. The second-order valence-electron chi connectivity index (χ2n) is 16.1. The predicted octanol–water partition coefficient (Wildman–Crippen LogP) is 3.63. The smallest absolute Gasteiger partial charge is 0.408 e. The van der Waals surface area contributed by atoms with Crippen molar-refractivity contribution in [2.45, 2.75) is 114 Å². The second kappa shape index (κ2) is 14.4. The van der Waals surface area contributed by atoms with Gasteiger partial charge in [0.05, 0.1) is 29.8 Å². The number of fused-ring (bicyclic) bond motifs is 3. The zero-order chi connectivity index (χ0) is 38.5. The number of nitrogens with one attached hydrogen (secondary N) is 2. The molecule has 4 aliphatic rings. The summed E-state index contributed by atoms with van der Waals surface area (Å²) in [5.41, 5.74) is -1.95. The number of nitrogens with zero attached hydrogens (tertiary/aromatic N) is 4. The van der Waals surface area contributed by atoms with E-state index < -0.39 is 80.2 Å². The molecule has 6 rings (SSSR count). The van der Waals surface area contributed by atoms with Crippen LogP contribution in [-0.2, 0) is 24.4 Å². The van der Waals surface area contributed by atoms with E-state index in [2.05, 4.69) is 26.9 Å². The standard InChI is InChI=1S/C37H50N6O9S/c1-21-9-7-8-10-23-18-37(23,34(46)41-53(49,50)26-12-13-26)40-31(44)29-17-25(52-32-27-14-11-24(51-6)16-28(27)38-20-39-32)19-42(29)33(45)30(22(2)15-21)43(35(47)48)36(3,4)5/h8,10-11,14,16,20-23,25-26,29-30H,7,9,12-13,15,17-19H2,1-6H3,(H,40,44)(H,41,46)(H,47,48)/t21-,22+,23+,25+,29-,30-,37+/m0/s1. The number of allylic oxidation sites excluding steroid dienone is 1. The zero-order valence-electron chi connectivity index (χ0n) is 31.1. The maximum Gasteiger partial charge on any atom is 0.408 e. The minimum Gasteiger partial charge on any atom is -0.497 e. The highest BCUT2D eigenvalue weighted by Crippen LogP contribution is 2.46. The quantitative estimate of drug-likeness (QED) is 0.349. The number of carbonyl (C=O) groups is 4. The lowest BCUT2D eigenvalue weighted by Gasteiger charge is -2.43. The van der Waals surface area contributed by atoms with Crippen molar-refractivity contribution in [3.05, 3.63) is 36.7 Å². The molecule has 1 aromatic heterocycles. The SMILES string of the molecule is COc1ccc2c(O[C@@H]3C[C@H]4C(=O)N[C@]5(C(=O)NS(=O)(=O)C6CC6)C[C@H]5C=CCC[C@H](C)C[C@@H](C)[C@H](N(C(=O)O)C(C)(C)C)C(=O)N4C3)ncnc2c1. The van der Waals surface area contributed by atoms with E-state index in [1.54, 1.807) is 46.1 Å². The summed E-state index contributed by atoms with van der Waals surface area (Å²) in [5.74, 6) is -1.99. The fraction of sp³-hybridized carbons (Fsp3) is 0.622. The van der Waals surface area contributed by atoms with Crippen LogP contribution in [0.15, 0.2) is 36.7 Å². The first-order chi connectivity index (χ1) is 24.9. The fourth-order valence-electron chi connectivity index (χ4n) is 7.86. The Balaban J connectivity index is 1.39. The Hall–Kier alpha value is -4.47. The van der Waals surface area contributed by atoms with Gasteiger partial charge in [-0.1, -0.05) is 26.0 Å². The molecule has 2 aliphatic carbocycles. The lowest BCUT2D eigenvalue weighted by molar-refractivity contribution is -0.146. The molecule has 2 saturated carbocycles. The molecule has 0 unspecified atom stereocenters. The van der Waals surface area contributed by atoms with Crippen LogP contribution in [0.4, 0.5) is 4.79 Å². The number of ether oxygens (including phenoxy) is 2. The van der Waals surface area contributed by atoms with E-state index in [9.17, 15) is 32.7 Å². The largest absolute Gasteiger partial charge is 0.497 e. The van der Waals surface area contributed by atoms with Gasteiger partial charge in [-0.2, -0.15) is 0 Å². The normalized spacial score (nSPS) is 29.6. The van der Waals surface area contributed by atoms with Gasteiger partial charge in [-0.15, -0.1) is 0 Å². The molecule has 3 heterocycles. The first-order valence-corrected chi connectivity index (χ1v) is 19.8. The number of carboxylic acid groups (broad SMARTS) is 1. The van der Waals surface area contributed by atoms with E-state index in [0.717, 1.165) is 6.42 Å². The number of amides is 4. The summed E-state index contributed by atoms with van der Waals surface area (Å²) < 4.78 is 39.7. The summed E-state index contributed by atoms with van der Waals surface area (Å²) in [5, 5.41) is 13.4. The lowest BCUT2D eigenvalue weighted by Crippen LogP contribution is -2.62. The van der Waals surface area contributed by atoms with Crippen LogP contribution in [0.3, 0.4) is 0 Å². The summed E-state index contributed by atoms with van der Waals surface area (Å²) in [7, 11) is -2.37. The Labute approximate surface area is 309 Å². The van der Waals surface area contributed by atoms with Crippen LogP contribution >= 0.6 is 0 Å². The average Bonchev–Trinajstić information content (AvgIpc) is 4.01. The molecule has 1 aromatic carbocycles. The molecule has 0 bridgehead atoms. The second-order valence-corrected chi connectivity index (χ2v) is 18.0. The highest BCUT2D eigenvalue weighted by atomic mass is 32.2. The van der Waals surface area contributed by atoms with Crippen LogP contribution in [0.5, 0.6) is 11.6 Å². The Bertz CT molecular complexity index is 1910. The van der Waals surface area contributed by atoms with Gasteiger partial charge in [0, 0.05) is 23.9 Å². The Morgan fingerprint density at radius 1 is 1.11 bits per heavy atom. The molecule has 16 heteroatoms. The highest BCUT2D eigenvalue weighted by Gasteiger charge is 2.62. The molecule has 0 radical (unpaired) electrons. The molecule has 3 fully saturated rings. The number of carbonyl (C=O) groups excluding carboxylic acids is 3. The van der Waals surface area contributed by atoms with E-state index in [4.69, 9.17) is 9.47 Å². The summed E-state index contributed by atoms with van der Waals surface area (Å²) in [4.78, 5) is 67.3. The molecular weight excluding hydrogens is 705 g/mol. The molecule has 3 N–H and O–H groups in total. The van der Waals surface area contributed by atoms with E-state index in [1.165, 1.54) is 16.1 Å². The van der Waals surface area contributed by atoms with Crippen molar-refractivity contribution in [1.82, 2.24) is 29.8 Å². The van der Waals surface area contributed by atoms with E-state index >= 15 is 0 Å². The molecule has 1 saturated heterocycles. The van der Waals surface area contributed by atoms with Gasteiger partial charge in [-0.3, -0.25) is 24.0 Å².